The zero-order valence-corrected chi connectivity index (χ0v) is 12.9. The van der Waals surface area contributed by atoms with Crippen molar-refractivity contribution < 1.29 is 19.0 Å². The van der Waals surface area contributed by atoms with Gasteiger partial charge in [-0.1, -0.05) is 11.6 Å². The van der Waals surface area contributed by atoms with Gasteiger partial charge in [-0.3, -0.25) is 0 Å². The van der Waals surface area contributed by atoms with Crippen molar-refractivity contribution in [3.05, 3.63) is 21.7 Å². The largest absolute Gasteiger partial charge is 0.508 e. The first-order chi connectivity index (χ1) is 9.52. The summed E-state index contributed by atoms with van der Waals surface area (Å²) in [6, 6.07) is 1.90. The lowest BCUT2D eigenvalue weighted by Crippen LogP contribution is -2.12. The number of fused-ring (bicyclic) bond motifs is 1. The van der Waals surface area contributed by atoms with E-state index < -0.39 is 6.16 Å². The van der Waals surface area contributed by atoms with Gasteiger partial charge >= 0.3 is 6.16 Å². The molecule has 0 atom stereocenters. The van der Waals surface area contributed by atoms with Gasteiger partial charge in [-0.25, -0.2) is 9.78 Å². The number of methoxy groups -OCH3 is 1. The lowest BCUT2D eigenvalue weighted by atomic mass is 10.1. The number of rotatable bonds is 4. The molecule has 2 rings (SSSR count). The number of halogens is 1. The fraction of sp³-hybridized carbons (Fsp3) is 0.385. The average Bonchev–Trinajstić information content (AvgIpc) is 2.80. The highest BCUT2D eigenvalue weighted by Crippen LogP contribution is 2.34. The van der Waals surface area contributed by atoms with Crippen LogP contribution < -0.4 is 4.74 Å². The molecule has 2 aromatic rings. The maximum atomic E-state index is 10.8. The lowest BCUT2D eigenvalue weighted by Gasteiger charge is -2.11. The summed E-state index contributed by atoms with van der Waals surface area (Å²) in [6.07, 6.45) is -0.716. The van der Waals surface area contributed by atoms with Gasteiger partial charge in [0.05, 0.1) is 17.3 Å². The quantitative estimate of drug-likeness (QED) is 0.635. The monoisotopic (exact) mass is 315 g/mol. The molecule has 108 valence electrons. The minimum Gasteiger partial charge on any atom is -0.490 e. The third-order valence-electron chi connectivity index (χ3n) is 2.90. The summed E-state index contributed by atoms with van der Waals surface area (Å²) in [5.74, 6) is 0.740. The molecule has 0 N–H and O–H groups in total. The number of nitrogens with zero attached hydrogens (tertiary/aromatic N) is 1. The van der Waals surface area contributed by atoms with Crippen LogP contribution in [-0.4, -0.2) is 31.5 Å². The molecule has 0 unspecified atom stereocenters. The van der Waals surface area contributed by atoms with Gasteiger partial charge in [-0.15, -0.1) is 11.3 Å². The van der Waals surface area contributed by atoms with Crippen LogP contribution in [0.4, 0.5) is 4.79 Å². The van der Waals surface area contributed by atoms with Gasteiger partial charge in [0, 0.05) is 0 Å². The van der Waals surface area contributed by atoms with Crippen molar-refractivity contribution in [2.75, 3.05) is 20.3 Å². The molecule has 20 heavy (non-hydrogen) atoms. The first-order valence-electron chi connectivity index (χ1n) is 5.92. The molecule has 1 aromatic carbocycles. The number of ether oxygens (including phenoxy) is 3. The molecular weight excluding hydrogens is 302 g/mol. The number of aryl methyl sites for hydroxylation is 1. The predicted octanol–water partition coefficient (Wildman–Crippen LogP) is 3.73. The number of carbonyl (C=O) groups excluding carboxylic acids is 1. The van der Waals surface area contributed by atoms with E-state index in [0.717, 1.165) is 27.1 Å². The fourth-order valence-electron chi connectivity index (χ4n) is 1.75. The molecule has 0 aliphatic carbocycles. The third-order valence-corrected chi connectivity index (χ3v) is 4.01. The highest BCUT2D eigenvalue weighted by molar-refractivity contribution is 7.22. The predicted molar refractivity (Wildman–Crippen MR) is 78.0 cm³/mol. The van der Waals surface area contributed by atoms with E-state index in [1.165, 1.54) is 18.4 Å². The Bertz CT molecular complexity index is 641. The zero-order chi connectivity index (χ0) is 14.7. The summed E-state index contributed by atoms with van der Waals surface area (Å²) >= 11 is 7.34. The van der Waals surface area contributed by atoms with Gasteiger partial charge in [0.15, 0.2) is 4.47 Å². The number of benzene rings is 1. The maximum absolute atomic E-state index is 10.8. The molecule has 1 heterocycles. The van der Waals surface area contributed by atoms with E-state index in [9.17, 15) is 4.79 Å². The van der Waals surface area contributed by atoms with Crippen LogP contribution in [0.1, 0.15) is 11.1 Å². The topological polar surface area (TPSA) is 57.7 Å². The third kappa shape index (κ3) is 3.13. The Kier molecular flexibility index (Phi) is 4.67. The second-order valence-electron chi connectivity index (χ2n) is 4.09. The Morgan fingerprint density at radius 2 is 2.10 bits per heavy atom. The summed E-state index contributed by atoms with van der Waals surface area (Å²) < 4.78 is 16.2. The minimum absolute atomic E-state index is 0.132. The number of hydrogen-bond acceptors (Lipinski definition) is 6. The summed E-state index contributed by atoms with van der Waals surface area (Å²) in [6.45, 7) is 4.32. The smallest absolute Gasteiger partial charge is 0.490 e. The van der Waals surface area contributed by atoms with Gasteiger partial charge in [0.25, 0.3) is 0 Å². The molecule has 0 saturated carbocycles. The Morgan fingerprint density at radius 1 is 1.35 bits per heavy atom. The van der Waals surface area contributed by atoms with Crippen molar-refractivity contribution in [1.29, 1.82) is 0 Å². The van der Waals surface area contributed by atoms with E-state index in [1.807, 2.05) is 19.9 Å². The second kappa shape index (κ2) is 6.28. The summed E-state index contributed by atoms with van der Waals surface area (Å²) in [5.41, 5.74) is 2.93. The molecule has 5 nitrogen and oxygen atoms in total. The highest BCUT2D eigenvalue weighted by atomic mass is 35.5. The Labute approximate surface area is 125 Å². The number of aromatic nitrogens is 1. The van der Waals surface area contributed by atoms with Crippen molar-refractivity contribution >= 4 is 39.3 Å². The molecule has 1 aromatic heterocycles. The molecule has 0 aliphatic rings. The van der Waals surface area contributed by atoms with Crippen LogP contribution in [0.25, 0.3) is 10.2 Å². The molecule has 0 fully saturated rings. The minimum atomic E-state index is -0.716. The van der Waals surface area contributed by atoms with E-state index in [1.54, 1.807) is 0 Å². The molecule has 0 aliphatic heterocycles. The lowest BCUT2D eigenvalue weighted by molar-refractivity contribution is 0.0616. The highest BCUT2D eigenvalue weighted by Gasteiger charge is 2.12. The summed E-state index contributed by atoms with van der Waals surface area (Å²) in [4.78, 5) is 15.1. The normalized spacial score (nSPS) is 10.6. The summed E-state index contributed by atoms with van der Waals surface area (Å²) in [5, 5.41) is 0. The van der Waals surface area contributed by atoms with Crippen molar-refractivity contribution in [1.82, 2.24) is 4.98 Å². The standard InChI is InChI=1S/C13H14ClNO4S/c1-7-8(2)11-10(20-12(14)15-11)6-9(7)18-4-5-19-13(16)17-3/h6H,4-5H2,1-3H3. The SMILES string of the molecule is COC(=O)OCCOc1cc2sc(Cl)nc2c(C)c1C. The molecule has 0 amide bonds. The number of hydrogen-bond donors (Lipinski definition) is 0. The van der Waals surface area contributed by atoms with Crippen LogP contribution in [0.2, 0.25) is 4.47 Å². The van der Waals surface area contributed by atoms with Crippen LogP contribution in [-0.2, 0) is 9.47 Å². The molecule has 0 radical (unpaired) electrons. The van der Waals surface area contributed by atoms with Gasteiger partial charge in [0.1, 0.15) is 19.0 Å². The van der Waals surface area contributed by atoms with Gasteiger partial charge in [-0.2, -0.15) is 0 Å². The van der Waals surface area contributed by atoms with Crippen LogP contribution in [0, 0.1) is 13.8 Å². The first-order valence-corrected chi connectivity index (χ1v) is 7.12. The fourth-order valence-corrected chi connectivity index (χ4v) is 2.86. The van der Waals surface area contributed by atoms with Crippen molar-refractivity contribution in [2.24, 2.45) is 0 Å². The van der Waals surface area contributed by atoms with Crippen molar-refractivity contribution in [2.45, 2.75) is 13.8 Å². The Balaban J connectivity index is 2.10. The van der Waals surface area contributed by atoms with E-state index in [-0.39, 0.29) is 13.2 Å². The number of carbonyl (C=O) groups is 1. The van der Waals surface area contributed by atoms with Gasteiger partial charge in [0.2, 0.25) is 0 Å². The van der Waals surface area contributed by atoms with Crippen LogP contribution in [0.5, 0.6) is 5.75 Å². The number of thiazole rings is 1. The average molecular weight is 316 g/mol. The van der Waals surface area contributed by atoms with Crippen LogP contribution >= 0.6 is 22.9 Å². The molecule has 0 bridgehead atoms. The van der Waals surface area contributed by atoms with Gasteiger partial charge in [-0.05, 0) is 31.0 Å². The summed E-state index contributed by atoms with van der Waals surface area (Å²) in [7, 11) is 1.26. The van der Waals surface area contributed by atoms with E-state index in [2.05, 4.69) is 9.72 Å². The zero-order valence-electron chi connectivity index (χ0n) is 11.4. The molecule has 0 saturated heterocycles. The van der Waals surface area contributed by atoms with Crippen molar-refractivity contribution in [3.63, 3.8) is 0 Å². The van der Waals surface area contributed by atoms with Gasteiger partial charge < -0.3 is 14.2 Å². The second-order valence-corrected chi connectivity index (χ2v) is 5.70. The van der Waals surface area contributed by atoms with E-state index in [4.69, 9.17) is 21.1 Å². The molecule has 7 heteroatoms. The first kappa shape index (κ1) is 14.9. The van der Waals surface area contributed by atoms with Crippen LogP contribution in [0.15, 0.2) is 6.07 Å². The van der Waals surface area contributed by atoms with E-state index >= 15 is 0 Å². The molecule has 0 spiro atoms. The molecular formula is C13H14ClNO4S. The maximum Gasteiger partial charge on any atom is 0.508 e. The van der Waals surface area contributed by atoms with E-state index in [0.29, 0.717) is 4.47 Å². The van der Waals surface area contributed by atoms with Crippen LogP contribution in [0.3, 0.4) is 0 Å². The Hall–Kier alpha value is -1.53. The van der Waals surface area contributed by atoms with Crippen molar-refractivity contribution in [3.8, 4) is 5.75 Å². The Morgan fingerprint density at radius 3 is 2.80 bits per heavy atom.